The van der Waals surface area contributed by atoms with Gasteiger partial charge in [0.2, 0.25) is 47.3 Å². The van der Waals surface area contributed by atoms with Crippen molar-refractivity contribution in [3.8, 4) is 0 Å². The highest BCUT2D eigenvalue weighted by Gasteiger charge is 2.45. The van der Waals surface area contributed by atoms with Crippen LogP contribution in [-0.2, 0) is 136 Å². The van der Waals surface area contributed by atoms with Crippen molar-refractivity contribution in [3.63, 3.8) is 0 Å². The van der Waals surface area contributed by atoms with E-state index in [1.165, 1.54) is 4.90 Å². The minimum atomic E-state index is -3.47. The highest BCUT2D eigenvalue weighted by Crippen LogP contribution is 2.38. The van der Waals surface area contributed by atoms with Gasteiger partial charge in [-0.05, 0) is 118 Å². The van der Waals surface area contributed by atoms with Gasteiger partial charge in [-0.3, -0.25) is 98.4 Å². The molecule has 4 unspecified atom stereocenters. The lowest BCUT2D eigenvalue weighted by Crippen LogP contribution is -2.52. The fourth-order valence-corrected chi connectivity index (χ4v) is 17.3. The Hall–Kier alpha value is -12.9. The van der Waals surface area contributed by atoms with E-state index in [0.717, 1.165) is 146 Å². The zero-order valence-electron chi connectivity index (χ0n) is 94.1. The minimum Gasteiger partial charge on any atom is -0.381 e. The number of hydrogen-bond acceptors (Lipinski definition) is 24. The third kappa shape index (κ3) is 22.1. The van der Waals surface area contributed by atoms with Gasteiger partial charge < -0.3 is 59.8 Å². The molecular formula is C100H112N16O16. The van der Waals surface area contributed by atoms with Gasteiger partial charge in [0.25, 0.3) is 23.6 Å². The summed E-state index contributed by atoms with van der Waals surface area (Å²) in [5.74, 6) is -11.3. The Morgan fingerprint density at radius 2 is 0.606 bits per heavy atom. The Morgan fingerprint density at radius 1 is 0.326 bits per heavy atom. The van der Waals surface area contributed by atoms with E-state index in [1.54, 1.807) is 10.6 Å². The summed E-state index contributed by atoms with van der Waals surface area (Å²) in [4.78, 5) is 164. The number of hydrogen-bond donors (Lipinski definition) is 8. The standard InChI is InChI=1S/4C25H28N4O4/c4*30-23-8-7-22(24(31)27-23)29-16-20-19(25(29)32)5-2-6-21(20)26-14-17-3-1-4-18(13-17)15-28-9-11-33-12-10-28/h4*1-6,13,22,26H,7-12,14-16H2,(H,27,30,31)/i2D,5D,6D,7D2,8D2,22D;2D,5D,6D,7D2,8D2;2D,5D,6D,22D;2D,5D,6D. The SMILES string of the molecule is [2H]c1c([2H])c(NCc2cccc(CN3CCOCC3)c2)c2c(c1[2H])C(=O)N(C1([2H])C(=O)NC(=O)C([2H])([2H])C1([2H])[2H])C2.[2H]c1c([2H])c(NCc2cccc(CN3CCOCC3)c2)c2c(c1[2H])C(=O)N(C1([2H])CCC(=O)NC1=O)C2.[2H]c1c([2H])c(NCc2cccc(CN3CCOCC3)c2)c2c(c1[2H])C(=O)N(C1C(=O)NC(=O)C([2H])([2H])C1([2H])[2H])C2.[2H]c1c([2H])c(NCc2cccc(CN3CCOCC3)c2)c2c(c1[2H])C(=O)N(C1CCC(=O)NC1=O)C2. The molecule has 32 nitrogen and oxygen atoms in total. The molecule has 8 N–H and O–H groups in total. The summed E-state index contributed by atoms with van der Waals surface area (Å²) in [5, 5.41) is 20.4. The van der Waals surface area contributed by atoms with E-state index in [0.29, 0.717) is 74.4 Å². The molecule has 0 saturated carbocycles. The number of anilines is 4. The van der Waals surface area contributed by atoms with Crippen LogP contribution in [-0.4, -0.2) is 239 Å². The van der Waals surface area contributed by atoms with Crippen LogP contribution in [0.2, 0.25) is 0 Å². The molecule has 12 amide bonds. The van der Waals surface area contributed by atoms with Crippen LogP contribution in [0.5, 0.6) is 0 Å². The molecule has 8 aromatic carbocycles. The van der Waals surface area contributed by atoms with Crippen LogP contribution >= 0.6 is 0 Å². The Labute approximate surface area is 797 Å². The second-order valence-corrected chi connectivity index (χ2v) is 33.0. The van der Waals surface area contributed by atoms with Crippen LogP contribution in [0.15, 0.2) is 170 Å². The molecule has 0 aliphatic carbocycles. The first-order valence-electron chi connectivity index (χ1n) is 54.7. The molecular weight excluding hydrogens is 1680 g/mol. The number of ether oxygens (including phenoxy) is 4. The number of nitrogens with one attached hydrogen (secondary N) is 8. The van der Waals surface area contributed by atoms with Crippen LogP contribution in [0.25, 0.3) is 0 Å². The summed E-state index contributed by atoms with van der Waals surface area (Å²) in [5.41, 5.74) is 8.97. The zero-order valence-corrected chi connectivity index (χ0v) is 72.1. The summed E-state index contributed by atoms with van der Waals surface area (Å²) >= 11 is 0. The molecule has 12 aliphatic heterocycles. The first-order valence-corrected chi connectivity index (χ1v) is 43.7. The van der Waals surface area contributed by atoms with Crippen molar-refractivity contribution in [2.75, 3.05) is 126 Å². The number of fused-ring (bicyclic) bond motifs is 4. The third-order valence-corrected chi connectivity index (χ3v) is 24.1. The van der Waals surface area contributed by atoms with Crippen molar-refractivity contribution in [1.82, 2.24) is 60.5 Å². The highest BCUT2D eigenvalue weighted by molar-refractivity contribution is 6.09. The molecule has 4 atom stereocenters. The summed E-state index contributed by atoms with van der Waals surface area (Å²) in [6.07, 6.45) is -12.9. The maximum Gasteiger partial charge on any atom is 0.255 e. The lowest BCUT2D eigenvalue weighted by molar-refractivity contribution is -0.138. The van der Waals surface area contributed by atoms with E-state index in [1.807, 2.05) is 78.9 Å². The van der Waals surface area contributed by atoms with Crippen LogP contribution < -0.4 is 42.5 Å². The predicted octanol–water partition coefficient (Wildman–Crippen LogP) is 7.57. The van der Waals surface area contributed by atoms with Gasteiger partial charge in [-0.25, -0.2) is 0 Å². The van der Waals surface area contributed by atoms with Crippen molar-refractivity contribution >= 4 is 93.6 Å². The van der Waals surface area contributed by atoms with E-state index >= 15 is 0 Å². The maximum absolute atomic E-state index is 13.5. The summed E-state index contributed by atoms with van der Waals surface area (Å²) in [6, 6.07) is 18.8. The van der Waals surface area contributed by atoms with Crippen molar-refractivity contribution < 1.29 is 107 Å². The Kier molecular flexibility index (Phi) is 21.7. The first-order chi connectivity index (χ1) is 73.1. The molecule has 132 heavy (non-hydrogen) atoms. The number of nitrogens with zero attached hydrogens (tertiary/aromatic N) is 8. The molecule has 8 saturated heterocycles. The summed E-state index contributed by atoms with van der Waals surface area (Å²) < 4.78 is 204. The van der Waals surface area contributed by atoms with Crippen molar-refractivity contribution in [2.24, 2.45) is 0 Å². The number of morpholine rings is 4. The summed E-state index contributed by atoms with van der Waals surface area (Å²) in [7, 11) is 0. The molecule has 32 heteroatoms. The number of piperidine rings is 4. The van der Waals surface area contributed by atoms with Gasteiger partial charge in [0.05, 0.1) is 72.0 Å². The molecule has 8 aromatic rings. The molecule has 8 fully saturated rings. The van der Waals surface area contributed by atoms with Gasteiger partial charge >= 0.3 is 0 Å². The molecule has 0 spiro atoms. The van der Waals surface area contributed by atoms with Gasteiger partial charge in [0.15, 0.2) is 0 Å². The van der Waals surface area contributed by atoms with Crippen LogP contribution in [0, 0.1) is 0 Å². The lowest BCUT2D eigenvalue weighted by atomic mass is 10.0. The van der Waals surface area contributed by atoms with Crippen molar-refractivity contribution in [2.45, 2.75) is 154 Å². The molecule has 20 rings (SSSR count). The number of carbonyl (C=O) groups is 12. The van der Waals surface area contributed by atoms with Crippen LogP contribution in [0.4, 0.5) is 22.7 Å². The van der Waals surface area contributed by atoms with E-state index in [2.05, 4.69) is 69.7 Å². The fraction of sp³-hybridized carbons (Fsp3) is 0.400. The smallest absolute Gasteiger partial charge is 0.255 e. The second-order valence-electron chi connectivity index (χ2n) is 33.0. The molecule has 12 aliphatic rings. The van der Waals surface area contributed by atoms with Gasteiger partial charge in [-0.1, -0.05) is 121 Å². The number of rotatable bonds is 24. The van der Waals surface area contributed by atoms with Gasteiger partial charge in [0, 0.05) is 235 Å². The van der Waals surface area contributed by atoms with E-state index in [9.17, 15) is 57.5 Å². The number of imide groups is 4. The first kappa shape index (κ1) is 67.3. The Balaban J connectivity index is 0.000000139. The average molecular weight is 1820 g/mol. The third-order valence-electron chi connectivity index (χ3n) is 24.1. The van der Waals surface area contributed by atoms with Crippen molar-refractivity contribution in [3.05, 3.63) is 259 Å². The normalized spacial score (nSPS) is 26.2. The topological polar surface area (TPSA) is 364 Å². The van der Waals surface area contributed by atoms with Gasteiger partial charge in [0.1, 0.15) is 24.1 Å². The highest BCUT2D eigenvalue weighted by atomic mass is 16.5. The predicted molar refractivity (Wildman–Crippen MR) is 489 cm³/mol. The van der Waals surface area contributed by atoms with Gasteiger partial charge in [-0.15, -0.1) is 0 Å². The lowest BCUT2D eigenvalue weighted by Gasteiger charge is -2.29. The van der Waals surface area contributed by atoms with Gasteiger partial charge in [-0.2, -0.15) is 0 Å². The van der Waals surface area contributed by atoms with Crippen molar-refractivity contribution in [1.29, 1.82) is 0 Å². The Morgan fingerprint density at radius 3 is 0.962 bits per heavy atom. The zero-order chi connectivity index (χ0) is 111. The minimum absolute atomic E-state index is 0.00916. The molecule has 688 valence electrons. The average Bonchev–Trinajstić information content (AvgIpc) is 1.35. The molecule has 0 aromatic heterocycles. The van der Waals surface area contributed by atoms with E-state index in [4.69, 9.17) is 49.1 Å². The summed E-state index contributed by atoms with van der Waals surface area (Å²) in [6.45, 7) is 15.4. The molecule has 0 radical (unpaired) electrons. The largest absolute Gasteiger partial charge is 0.381 e. The number of carbonyl (C=O) groups excluding carboxylic acids is 12. The quantitative estimate of drug-likeness (QED) is 0.0270. The second kappa shape index (κ2) is 42.5. The molecule has 12 heterocycles. The van der Waals surface area contributed by atoms with E-state index < -0.39 is 170 Å². The number of amides is 12. The van der Waals surface area contributed by atoms with Crippen LogP contribution in [0.3, 0.4) is 0 Å². The maximum atomic E-state index is 13.5. The fourth-order valence-electron chi connectivity index (χ4n) is 17.3. The van der Waals surface area contributed by atoms with Crippen LogP contribution in [0.1, 0.15) is 190 Å². The monoisotopic (exact) mass is 1810 g/mol. The van der Waals surface area contributed by atoms with E-state index in [-0.39, 0.29) is 138 Å². The molecule has 0 bridgehead atoms. The number of benzene rings is 8. The Bertz CT molecular complexity index is 6980.